The molecule has 1 heterocycles. The van der Waals surface area contributed by atoms with E-state index in [0.29, 0.717) is 12.8 Å². The van der Waals surface area contributed by atoms with Crippen LogP contribution in [0, 0.1) is 0 Å². The van der Waals surface area contributed by atoms with Gasteiger partial charge in [0.1, 0.15) is 5.56 Å². The van der Waals surface area contributed by atoms with Gasteiger partial charge in [0.05, 0.1) is 5.37 Å². The van der Waals surface area contributed by atoms with Crippen LogP contribution in [0.1, 0.15) is 101 Å². The number of hydrogen-bond donors (Lipinski definition) is 1. The first-order chi connectivity index (χ1) is 14.1. The number of aromatic nitrogens is 2. The van der Waals surface area contributed by atoms with Crippen LogP contribution in [0.2, 0.25) is 0 Å². The normalized spacial score (nSPS) is 12.4. The number of hydrogen-bond acceptors (Lipinski definition) is 5. The van der Waals surface area contributed by atoms with E-state index in [4.69, 9.17) is 0 Å². The number of aromatic hydroxyl groups is 1. The van der Waals surface area contributed by atoms with Crippen LogP contribution < -0.4 is 5.56 Å². The van der Waals surface area contributed by atoms with Crippen LogP contribution in [0.4, 0.5) is 0 Å². The number of unbranched alkanes of at least 4 members (excludes halogenated alkanes) is 6. The standard InChI is InChI=1S/C22H40N2O3S2/c1-4-7-9-11-15-28-16-13-14-23-21(26)19(18-25)22(27)24(23)20(6-3)29-17-12-10-8-5-2/h18,20,26H,4-17H2,1-3H3. The molecule has 29 heavy (non-hydrogen) atoms. The lowest BCUT2D eigenvalue weighted by Crippen LogP contribution is -2.27. The molecule has 0 radical (unpaired) electrons. The Morgan fingerprint density at radius 2 is 1.55 bits per heavy atom. The predicted octanol–water partition coefficient (Wildman–Crippen LogP) is 6.09. The van der Waals surface area contributed by atoms with E-state index >= 15 is 0 Å². The molecule has 0 saturated carbocycles. The van der Waals surface area contributed by atoms with Crippen LogP contribution in [0.5, 0.6) is 5.88 Å². The molecule has 1 unspecified atom stereocenters. The number of nitrogens with zero attached hydrogens (tertiary/aromatic N) is 2. The summed E-state index contributed by atoms with van der Waals surface area (Å²) in [5, 5.41) is 10.4. The summed E-state index contributed by atoms with van der Waals surface area (Å²) >= 11 is 3.68. The summed E-state index contributed by atoms with van der Waals surface area (Å²) in [5.74, 6) is 2.97. The minimum atomic E-state index is -0.363. The molecular weight excluding hydrogens is 404 g/mol. The van der Waals surface area contributed by atoms with E-state index in [1.807, 2.05) is 11.8 Å². The van der Waals surface area contributed by atoms with Crippen LogP contribution in [0.3, 0.4) is 0 Å². The number of carbonyl (C=O) groups is 1. The van der Waals surface area contributed by atoms with Gasteiger partial charge in [-0.3, -0.25) is 9.59 Å². The molecule has 0 aromatic carbocycles. The number of carbonyl (C=O) groups excluding carboxylic acids is 1. The van der Waals surface area contributed by atoms with Crippen molar-refractivity contribution in [2.45, 2.75) is 96.9 Å². The summed E-state index contributed by atoms with van der Waals surface area (Å²) < 4.78 is 3.26. The van der Waals surface area contributed by atoms with Crippen LogP contribution in [-0.4, -0.2) is 38.0 Å². The predicted molar refractivity (Wildman–Crippen MR) is 128 cm³/mol. The van der Waals surface area contributed by atoms with Crippen molar-refractivity contribution in [1.82, 2.24) is 9.36 Å². The highest BCUT2D eigenvalue weighted by Crippen LogP contribution is 2.29. The van der Waals surface area contributed by atoms with Crippen molar-refractivity contribution in [2.24, 2.45) is 0 Å². The summed E-state index contributed by atoms with van der Waals surface area (Å²) in [4.78, 5) is 24.1. The van der Waals surface area contributed by atoms with E-state index in [1.165, 1.54) is 44.9 Å². The second-order valence-corrected chi connectivity index (χ2v) is 9.96. The van der Waals surface area contributed by atoms with Crippen LogP contribution in [-0.2, 0) is 6.54 Å². The van der Waals surface area contributed by atoms with Gasteiger partial charge in [0.25, 0.3) is 5.56 Å². The van der Waals surface area contributed by atoms with Crippen molar-refractivity contribution in [2.75, 3.05) is 17.3 Å². The van der Waals surface area contributed by atoms with Gasteiger partial charge in [-0.15, -0.1) is 11.8 Å². The van der Waals surface area contributed by atoms with Gasteiger partial charge in [-0.25, -0.2) is 9.36 Å². The van der Waals surface area contributed by atoms with E-state index in [9.17, 15) is 14.7 Å². The van der Waals surface area contributed by atoms with Crippen LogP contribution >= 0.6 is 23.5 Å². The molecule has 0 aliphatic rings. The lowest BCUT2D eigenvalue weighted by molar-refractivity contribution is 0.111. The van der Waals surface area contributed by atoms with E-state index in [1.54, 1.807) is 21.1 Å². The number of rotatable bonds is 18. The molecule has 0 saturated heterocycles. The van der Waals surface area contributed by atoms with Crippen molar-refractivity contribution in [3.8, 4) is 5.88 Å². The fraction of sp³-hybridized carbons (Fsp3) is 0.818. The fourth-order valence-corrected chi connectivity index (χ4v) is 5.51. The molecule has 5 nitrogen and oxygen atoms in total. The van der Waals surface area contributed by atoms with Crippen molar-refractivity contribution in [3.05, 3.63) is 15.9 Å². The molecule has 1 atom stereocenters. The highest BCUT2D eigenvalue weighted by Gasteiger charge is 2.23. The summed E-state index contributed by atoms with van der Waals surface area (Å²) in [6.07, 6.45) is 12.0. The maximum atomic E-state index is 12.7. The zero-order valence-electron chi connectivity index (χ0n) is 18.5. The molecule has 0 bridgehead atoms. The zero-order chi connectivity index (χ0) is 21.5. The molecule has 0 aliphatic heterocycles. The Hall–Kier alpha value is -0.820. The first-order valence-corrected chi connectivity index (χ1v) is 13.5. The van der Waals surface area contributed by atoms with Gasteiger partial charge in [-0.1, -0.05) is 59.3 Å². The number of aldehydes is 1. The first kappa shape index (κ1) is 26.2. The second kappa shape index (κ2) is 15.9. The Morgan fingerprint density at radius 1 is 0.931 bits per heavy atom. The minimum Gasteiger partial charge on any atom is -0.493 e. The topological polar surface area (TPSA) is 64.2 Å². The molecule has 1 aromatic heterocycles. The number of thioether (sulfide) groups is 2. The maximum Gasteiger partial charge on any atom is 0.282 e. The van der Waals surface area contributed by atoms with Gasteiger partial charge < -0.3 is 5.11 Å². The maximum absolute atomic E-state index is 12.7. The molecule has 1 N–H and O–H groups in total. The average Bonchev–Trinajstić information content (AvgIpc) is 2.96. The molecular formula is C22H40N2O3S2. The molecule has 0 amide bonds. The van der Waals surface area contributed by atoms with Crippen LogP contribution in [0.25, 0.3) is 0 Å². The second-order valence-electron chi connectivity index (χ2n) is 7.45. The first-order valence-electron chi connectivity index (χ1n) is 11.3. The highest BCUT2D eigenvalue weighted by molar-refractivity contribution is 7.99. The fourth-order valence-electron chi connectivity index (χ4n) is 3.33. The zero-order valence-corrected chi connectivity index (χ0v) is 20.2. The summed E-state index contributed by atoms with van der Waals surface area (Å²) in [6.45, 7) is 7.03. The van der Waals surface area contributed by atoms with Gasteiger partial charge >= 0.3 is 0 Å². The minimum absolute atomic E-state index is 0.0505. The third kappa shape index (κ3) is 8.83. The average molecular weight is 445 g/mol. The molecule has 0 fully saturated rings. The van der Waals surface area contributed by atoms with Gasteiger partial charge in [0.2, 0.25) is 5.88 Å². The molecule has 168 valence electrons. The van der Waals surface area contributed by atoms with Gasteiger partial charge in [0, 0.05) is 6.54 Å². The monoisotopic (exact) mass is 444 g/mol. The van der Waals surface area contributed by atoms with Gasteiger partial charge in [-0.2, -0.15) is 11.8 Å². The molecule has 7 heteroatoms. The SMILES string of the molecule is CCCCCCSCCCn1c(O)c(C=O)c(=O)n1C(CC)SCCCCCC. The van der Waals surface area contributed by atoms with Crippen molar-refractivity contribution in [1.29, 1.82) is 0 Å². The van der Waals surface area contributed by atoms with E-state index in [2.05, 4.69) is 20.8 Å². The summed E-state index contributed by atoms with van der Waals surface area (Å²) in [5.41, 5.74) is -0.472. The largest absolute Gasteiger partial charge is 0.493 e. The molecule has 0 aliphatic carbocycles. The van der Waals surface area contributed by atoms with Crippen molar-refractivity contribution >= 4 is 29.8 Å². The lowest BCUT2D eigenvalue weighted by atomic mass is 10.2. The highest BCUT2D eigenvalue weighted by atomic mass is 32.2. The van der Waals surface area contributed by atoms with E-state index in [-0.39, 0.29) is 22.4 Å². The Bertz CT molecular complexity index is 628. The molecule has 1 rings (SSSR count). The lowest BCUT2D eigenvalue weighted by Gasteiger charge is -2.20. The Morgan fingerprint density at radius 3 is 2.14 bits per heavy atom. The molecule has 1 aromatic rings. The Labute approximate surface area is 185 Å². The van der Waals surface area contributed by atoms with E-state index in [0.717, 1.165) is 36.5 Å². The molecule has 0 spiro atoms. The smallest absolute Gasteiger partial charge is 0.282 e. The van der Waals surface area contributed by atoms with E-state index < -0.39 is 0 Å². The summed E-state index contributed by atoms with van der Waals surface area (Å²) in [6, 6.07) is 0. The quantitative estimate of drug-likeness (QED) is 0.219. The van der Waals surface area contributed by atoms with Crippen molar-refractivity contribution in [3.63, 3.8) is 0 Å². The Balaban J connectivity index is 2.70. The third-order valence-corrected chi connectivity index (χ3v) is 7.63. The van der Waals surface area contributed by atoms with Crippen molar-refractivity contribution < 1.29 is 9.90 Å². The van der Waals surface area contributed by atoms with Gasteiger partial charge in [-0.05, 0) is 42.9 Å². The Kier molecular flexibility index (Phi) is 14.4. The van der Waals surface area contributed by atoms with Gasteiger partial charge in [0.15, 0.2) is 6.29 Å². The third-order valence-electron chi connectivity index (χ3n) is 5.03. The summed E-state index contributed by atoms with van der Waals surface area (Å²) in [7, 11) is 0. The van der Waals surface area contributed by atoms with Crippen LogP contribution in [0.15, 0.2) is 4.79 Å².